The molecule has 0 radical (unpaired) electrons. The molecule has 0 saturated heterocycles. The molecule has 3 nitrogen and oxygen atoms in total. The van der Waals surface area contributed by atoms with Crippen LogP contribution in [-0.2, 0) is 6.54 Å². The highest BCUT2D eigenvalue weighted by Gasteiger charge is 2.15. The van der Waals surface area contributed by atoms with Crippen LogP contribution in [0.25, 0.3) is 0 Å². The quantitative estimate of drug-likeness (QED) is 0.832. The first-order valence-corrected chi connectivity index (χ1v) is 5.87. The third-order valence-corrected chi connectivity index (χ3v) is 2.98. The Morgan fingerprint density at radius 3 is 3.00 bits per heavy atom. The fraction of sp³-hybridized carbons (Fsp3) is 0.214. The van der Waals surface area contributed by atoms with E-state index < -0.39 is 0 Å². The molecule has 0 spiro atoms. The van der Waals surface area contributed by atoms with Gasteiger partial charge in [-0.25, -0.2) is 4.99 Å². The van der Waals surface area contributed by atoms with Crippen LogP contribution in [0.2, 0.25) is 0 Å². The van der Waals surface area contributed by atoms with Crippen molar-refractivity contribution in [3.05, 3.63) is 59.4 Å². The number of aliphatic imine (C=N–C) groups is 1. The molecule has 0 aliphatic carbocycles. The molecular formula is C14H15N3. The van der Waals surface area contributed by atoms with Gasteiger partial charge < -0.3 is 10.2 Å². The second kappa shape index (κ2) is 4.45. The van der Waals surface area contributed by atoms with Crippen LogP contribution in [-0.4, -0.2) is 24.3 Å². The maximum absolute atomic E-state index is 4.48. The number of hydrogen-bond donors (Lipinski definition) is 1. The summed E-state index contributed by atoms with van der Waals surface area (Å²) in [6.07, 6.45) is 6.15. The first-order chi connectivity index (χ1) is 8.42. The van der Waals surface area contributed by atoms with Crippen molar-refractivity contribution in [2.45, 2.75) is 6.54 Å². The molecule has 1 N–H and O–H groups in total. The van der Waals surface area contributed by atoms with Crippen LogP contribution < -0.4 is 5.32 Å². The summed E-state index contributed by atoms with van der Waals surface area (Å²) in [7, 11) is 0. The number of nitrogens with one attached hydrogen (secondary N) is 1. The lowest BCUT2D eigenvalue weighted by Gasteiger charge is -2.27. The predicted octanol–water partition coefficient (Wildman–Crippen LogP) is 1.90. The van der Waals surface area contributed by atoms with Gasteiger partial charge in [-0.2, -0.15) is 0 Å². The molecule has 2 aliphatic heterocycles. The Labute approximate surface area is 101 Å². The number of rotatable bonds is 2. The molecule has 0 bridgehead atoms. The number of fused-ring (bicyclic) bond motifs is 1. The fourth-order valence-electron chi connectivity index (χ4n) is 2.12. The number of hydrogen-bond acceptors (Lipinski definition) is 3. The number of nitrogens with zero attached hydrogens (tertiary/aromatic N) is 2. The smallest absolute Gasteiger partial charge is 0.0918 e. The van der Waals surface area contributed by atoms with Crippen molar-refractivity contribution >= 4 is 6.34 Å². The first-order valence-electron chi connectivity index (χ1n) is 5.87. The zero-order valence-corrected chi connectivity index (χ0v) is 9.63. The summed E-state index contributed by atoms with van der Waals surface area (Å²) >= 11 is 0. The highest BCUT2D eigenvalue weighted by molar-refractivity contribution is 5.63. The van der Waals surface area contributed by atoms with Gasteiger partial charge in [-0.3, -0.25) is 0 Å². The van der Waals surface area contributed by atoms with E-state index in [2.05, 4.69) is 51.8 Å². The van der Waals surface area contributed by atoms with Crippen LogP contribution >= 0.6 is 0 Å². The lowest BCUT2D eigenvalue weighted by Crippen LogP contribution is -2.30. The van der Waals surface area contributed by atoms with Gasteiger partial charge >= 0.3 is 0 Å². The zero-order chi connectivity index (χ0) is 11.5. The molecule has 2 heterocycles. The monoisotopic (exact) mass is 225 g/mol. The van der Waals surface area contributed by atoms with Crippen molar-refractivity contribution in [2.24, 2.45) is 4.99 Å². The van der Waals surface area contributed by atoms with E-state index >= 15 is 0 Å². The molecule has 0 unspecified atom stereocenters. The van der Waals surface area contributed by atoms with Crippen LogP contribution in [0.15, 0.2) is 58.9 Å². The number of dihydropyridines is 1. The van der Waals surface area contributed by atoms with Crippen molar-refractivity contribution in [3.63, 3.8) is 0 Å². The summed E-state index contributed by atoms with van der Waals surface area (Å²) in [5, 5.41) is 3.23. The van der Waals surface area contributed by atoms with Gasteiger partial charge in [-0.15, -0.1) is 0 Å². The second-order valence-corrected chi connectivity index (χ2v) is 4.30. The molecule has 1 aromatic rings. The lowest BCUT2D eigenvalue weighted by molar-refractivity contribution is 0.450. The van der Waals surface area contributed by atoms with Gasteiger partial charge in [0, 0.05) is 31.4 Å². The first kappa shape index (κ1) is 10.1. The summed E-state index contributed by atoms with van der Waals surface area (Å²) in [4.78, 5) is 6.71. The van der Waals surface area contributed by atoms with E-state index in [1.807, 2.05) is 12.4 Å². The molecule has 17 heavy (non-hydrogen) atoms. The fourth-order valence-corrected chi connectivity index (χ4v) is 2.12. The standard InChI is InChI=1S/C14H15N3/c1-2-4-12(5-3-1)9-17-10-13-8-15-7-6-14(13)16-11-17/h1-6,8,11,15H,7,9-10H2. The lowest BCUT2D eigenvalue weighted by atomic mass is 10.1. The van der Waals surface area contributed by atoms with Crippen molar-refractivity contribution in [3.8, 4) is 0 Å². The molecule has 3 heteroatoms. The predicted molar refractivity (Wildman–Crippen MR) is 69.5 cm³/mol. The largest absolute Gasteiger partial charge is 0.387 e. The molecule has 0 aromatic heterocycles. The van der Waals surface area contributed by atoms with E-state index in [1.54, 1.807) is 0 Å². The molecule has 0 saturated carbocycles. The van der Waals surface area contributed by atoms with E-state index in [4.69, 9.17) is 0 Å². The Morgan fingerprint density at radius 2 is 2.12 bits per heavy atom. The average Bonchev–Trinajstić information content (AvgIpc) is 2.40. The maximum Gasteiger partial charge on any atom is 0.0918 e. The van der Waals surface area contributed by atoms with Gasteiger partial charge in [0.15, 0.2) is 0 Å². The topological polar surface area (TPSA) is 27.6 Å². The Bertz CT molecular complexity index is 485. The molecule has 0 fully saturated rings. The van der Waals surface area contributed by atoms with Gasteiger partial charge in [-0.05, 0) is 11.6 Å². The Balaban J connectivity index is 1.75. The second-order valence-electron chi connectivity index (χ2n) is 4.30. The van der Waals surface area contributed by atoms with Crippen LogP contribution in [0.3, 0.4) is 0 Å². The Morgan fingerprint density at radius 1 is 1.24 bits per heavy atom. The summed E-state index contributed by atoms with van der Waals surface area (Å²) in [6, 6.07) is 10.5. The van der Waals surface area contributed by atoms with Crippen LogP contribution in [0.5, 0.6) is 0 Å². The van der Waals surface area contributed by atoms with E-state index in [9.17, 15) is 0 Å². The van der Waals surface area contributed by atoms with E-state index in [1.165, 1.54) is 11.1 Å². The summed E-state index contributed by atoms with van der Waals surface area (Å²) < 4.78 is 0. The van der Waals surface area contributed by atoms with E-state index in [0.717, 1.165) is 25.3 Å². The van der Waals surface area contributed by atoms with E-state index in [-0.39, 0.29) is 0 Å². The summed E-state index contributed by atoms with van der Waals surface area (Å²) in [6.45, 7) is 2.72. The molecule has 3 rings (SSSR count). The van der Waals surface area contributed by atoms with Gasteiger partial charge in [0.05, 0.1) is 12.0 Å². The van der Waals surface area contributed by atoms with Gasteiger partial charge in [0.1, 0.15) is 0 Å². The van der Waals surface area contributed by atoms with Crippen molar-refractivity contribution in [1.82, 2.24) is 10.2 Å². The minimum absolute atomic E-state index is 0.884. The molecule has 0 atom stereocenters. The minimum Gasteiger partial charge on any atom is -0.387 e. The third kappa shape index (κ3) is 2.23. The molecule has 2 aliphatic rings. The van der Waals surface area contributed by atoms with Crippen LogP contribution in [0, 0.1) is 0 Å². The van der Waals surface area contributed by atoms with Crippen molar-refractivity contribution < 1.29 is 0 Å². The van der Waals surface area contributed by atoms with Crippen LogP contribution in [0.4, 0.5) is 0 Å². The van der Waals surface area contributed by atoms with Crippen LogP contribution in [0.1, 0.15) is 5.56 Å². The van der Waals surface area contributed by atoms with Gasteiger partial charge in [-0.1, -0.05) is 30.3 Å². The average molecular weight is 225 g/mol. The van der Waals surface area contributed by atoms with Crippen molar-refractivity contribution in [1.29, 1.82) is 0 Å². The molecule has 86 valence electrons. The minimum atomic E-state index is 0.884. The highest BCUT2D eigenvalue weighted by Crippen LogP contribution is 2.19. The number of benzene rings is 1. The van der Waals surface area contributed by atoms with E-state index in [0.29, 0.717) is 0 Å². The van der Waals surface area contributed by atoms with Gasteiger partial charge in [0.25, 0.3) is 0 Å². The van der Waals surface area contributed by atoms with Crippen molar-refractivity contribution in [2.75, 3.05) is 13.1 Å². The Hall–Kier alpha value is -2.03. The maximum atomic E-state index is 4.48. The van der Waals surface area contributed by atoms with Gasteiger partial charge in [0.2, 0.25) is 0 Å². The summed E-state index contributed by atoms with van der Waals surface area (Å²) in [5.41, 5.74) is 3.71. The zero-order valence-electron chi connectivity index (χ0n) is 9.63. The molecular weight excluding hydrogens is 210 g/mol. The normalized spacial score (nSPS) is 18.0. The summed E-state index contributed by atoms with van der Waals surface area (Å²) in [5.74, 6) is 0. The molecule has 0 amide bonds. The Kier molecular flexibility index (Phi) is 2.66. The SMILES string of the molecule is C1=NC2=CCNC=C2CN1Cc1ccccc1. The highest BCUT2D eigenvalue weighted by atomic mass is 15.2. The third-order valence-electron chi connectivity index (χ3n) is 2.98. The molecule has 1 aromatic carbocycles.